The maximum Gasteiger partial charge on any atom is 0.103 e. The molecule has 1 heterocycles. The lowest BCUT2D eigenvalue weighted by molar-refractivity contribution is 0.161. The van der Waals surface area contributed by atoms with Crippen molar-refractivity contribution in [1.82, 2.24) is 0 Å². The Kier molecular flexibility index (Phi) is 3.25. The number of allylic oxidation sites excluding steroid dienone is 1. The molecule has 1 aliphatic rings. The van der Waals surface area contributed by atoms with E-state index in [-0.39, 0.29) is 0 Å². The quantitative estimate of drug-likeness (QED) is 0.457. The third-order valence-electron chi connectivity index (χ3n) is 1.50. The first-order valence-corrected chi connectivity index (χ1v) is 4.62. The van der Waals surface area contributed by atoms with E-state index in [0.717, 1.165) is 11.5 Å². The van der Waals surface area contributed by atoms with Gasteiger partial charge in [0.1, 0.15) is 6.23 Å². The molecule has 10 heavy (non-hydrogen) atoms. The highest BCUT2D eigenvalue weighted by molar-refractivity contribution is 7.99. The first kappa shape index (κ1) is 8.11. The van der Waals surface area contributed by atoms with Crippen molar-refractivity contribution in [1.29, 1.82) is 0 Å². The zero-order chi connectivity index (χ0) is 7.40. The van der Waals surface area contributed by atoms with Gasteiger partial charge in [-0.3, -0.25) is 0 Å². The van der Waals surface area contributed by atoms with Crippen LogP contribution < -0.4 is 5.73 Å². The predicted octanol–water partition coefficient (Wildman–Crippen LogP) is 0.573. The number of thioether (sulfide) groups is 1. The molecule has 0 radical (unpaired) electrons. The third-order valence-corrected chi connectivity index (χ3v) is 2.59. The minimum atomic E-state index is -0.645. The molecule has 2 atom stereocenters. The summed E-state index contributed by atoms with van der Waals surface area (Å²) in [5.41, 5.74) is 5.24. The molecule has 0 fully saturated rings. The number of hydrogen-bond donors (Lipinski definition) is 2. The maximum absolute atomic E-state index is 8.84. The molecule has 0 aromatic carbocycles. The zero-order valence-electron chi connectivity index (χ0n) is 5.86. The van der Waals surface area contributed by atoms with Gasteiger partial charge in [-0.15, -0.1) is 0 Å². The molecule has 0 aliphatic carbocycles. The Morgan fingerprint density at radius 3 is 3.10 bits per heavy atom. The Morgan fingerprint density at radius 2 is 2.60 bits per heavy atom. The highest BCUT2D eigenvalue weighted by Crippen LogP contribution is 2.19. The second kappa shape index (κ2) is 4.01. The van der Waals surface area contributed by atoms with Gasteiger partial charge >= 0.3 is 0 Å². The number of hydrogen-bond acceptors (Lipinski definition) is 3. The Bertz CT molecular complexity index is 125. The van der Waals surface area contributed by atoms with Crippen LogP contribution in [-0.4, -0.2) is 22.8 Å². The van der Waals surface area contributed by atoms with Crippen molar-refractivity contribution in [3.8, 4) is 0 Å². The van der Waals surface area contributed by atoms with E-state index >= 15 is 0 Å². The van der Waals surface area contributed by atoms with Gasteiger partial charge in [0.25, 0.3) is 0 Å². The summed E-state index contributed by atoms with van der Waals surface area (Å²) in [5, 5.41) is 8.84. The van der Waals surface area contributed by atoms with E-state index in [1.807, 2.05) is 11.8 Å². The summed E-state index contributed by atoms with van der Waals surface area (Å²) in [6.45, 7) is 0. The van der Waals surface area contributed by atoms with Crippen LogP contribution in [0.4, 0.5) is 0 Å². The molecule has 2 unspecified atom stereocenters. The molecule has 1 aliphatic heterocycles. The van der Waals surface area contributed by atoms with E-state index < -0.39 is 6.23 Å². The molecule has 3 N–H and O–H groups in total. The molecule has 0 saturated carbocycles. The molecule has 0 bridgehead atoms. The van der Waals surface area contributed by atoms with Crippen molar-refractivity contribution in [2.24, 2.45) is 11.7 Å². The minimum Gasteiger partial charge on any atom is -0.379 e. The molecule has 0 aromatic heterocycles. The van der Waals surface area contributed by atoms with Gasteiger partial charge in [-0.25, -0.2) is 0 Å². The Hall–Kier alpha value is 0.01000. The van der Waals surface area contributed by atoms with Crippen molar-refractivity contribution >= 4 is 11.8 Å². The Labute approximate surface area is 65.5 Å². The summed E-state index contributed by atoms with van der Waals surface area (Å²) in [5.74, 6) is 2.70. The fourth-order valence-electron chi connectivity index (χ4n) is 1.05. The van der Waals surface area contributed by atoms with Gasteiger partial charge in [0, 0.05) is 11.5 Å². The van der Waals surface area contributed by atoms with Gasteiger partial charge < -0.3 is 10.8 Å². The largest absolute Gasteiger partial charge is 0.379 e. The second-order valence-electron chi connectivity index (χ2n) is 2.53. The first-order chi connectivity index (χ1) is 4.79. The summed E-state index contributed by atoms with van der Waals surface area (Å²) in [6, 6.07) is 0. The first-order valence-electron chi connectivity index (χ1n) is 3.47. The molecule has 2 nitrogen and oxygen atoms in total. The molecule has 3 heteroatoms. The van der Waals surface area contributed by atoms with Crippen LogP contribution in [-0.2, 0) is 0 Å². The van der Waals surface area contributed by atoms with Crippen LogP contribution in [0.3, 0.4) is 0 Å². The van der Waals surface area contributed by atoms with Gasteiger partial charge in [-0.2, -0.15) is 11.8 Å². The van der Waals surface area contributed by atoms with Gasteiger partial charge in [0.05, 0.1) is 0 Å². The van der Waals surface area contributed by atoms with Crippen LogP contribution >= 0.6 is 11.8 Å². The average Bonchev–Trinajstić information content (AvgIpc) is 1.88. The molecule has 0 aromatic rings. The van der Waals surface area contributed by atoms with Crippen molar-refractivity contribution in [2.75, 3.05) is 11.5 Å². The minimum absolute atomic E-state index is 0.485. The van der Waals surface area contributed by atoms with Crippen molar-refractivity contribution in [3.05, 3.63) is 12.2 Å². The summed E-state index contributed by atoms with van der Waals surface area (Å²) in [7, 11) is 0. The van der Waals surface area contributed by atoms with E-state index in [9.17, 15) is 0 Å². The van der Waals surface area contributed by atoms with Crippen molar-refractivity contribution < 1.29 is 5.11 Å². The molecular formula is C7H13NOS. The molecule has 0 spiro atoms. The fraction of sp³-hybridized carbons (Fsp3) is 0.714. The van der Waals surface area contributed by atoms with Crippen LogP contribution in [0.2, 0.25) is 0 Å². The SMILES string of the molecule is NC(O)CC1C=CCSC1. The fourth-order valence-corrected chi connectivity index (χ4v) is 1.98. The molecule has 58 valence electrons. The lowest BCUT2D eigenvalue weighted by Crippen LogP contribution is -2.23. The van der Waals surface area contributed by atoms with E-state index in [1.165, 1.54) is 0 Å². The number of rotatable bonds is 2. The highest BCUT2D eigenvalue weighted by atomic mass is 32.2. The van der Waals surface area contributed by atoms with Crippen molar-refractivity contribution in [3.63, 3.8) is 0 Å². The van der Waals surface area contributed by atoms with Crippen LogP contribution in [0.25, 0.3) is 0 Å². The van der Waals surface area contributed by atoms with E-state index in [2.05, 4.69) is 12.2 Å². The van der Waals surface area contributed by atoms with Crippen LogP contribution in [0.15, 0.2) is 12.2 Å². The van der Waals surface area contributed by atoms with Crippen LogP contribution in [0, 0.1) is 5.92 Å². The second-order valence-corrected chi connectivity index (χ2v) is 3.60. The van der Waals surface area contributed by atoms with Crippen LogP contribution in [0.1, 0.15) is 6.42 Å². The number of aliphatic hydroxyl groups excluding tert-OH is 1. The molecule has 1 rings (SSSR count). The summed E-state index contributed by atoms with van der Waals surface area (Å²) < 4.78 is 0. The van der Waals surface area contributed by atoms with Gasteiger partial charge in [-0.1, -0.05) is 12.2 Å². The standard InChI is InChI=1S/C7H13NOS/c8-7(9)4-6-2-1-3-10-5-6/h1-2,6-7,9H,3-5,8H2. The van der Waals surface area contributed by atoms with Crippen molar-refractivity contribution in [2.45, 2.75) is 12.6 Å². The average molecular weight is 159 g/mol. The zero-order valence-corrected chi connectivity index (χ0v) is 6.68. The lowest BCUT2D eigenvalue weighted by Gasteiger charge is -2.16. The molecular weight excluding hydrogens is 146 g/mol. The smallest absolute Gasteiger partial charge is 0.103 e. The van der Waals surface area contributed by atoms with E-state index in [0.29, 0.717) is 12.3 Å². The molecule has 0 saturated heterocycles. The Balaban J connectivity index is 2.26. The highest BCUT2D eigenvalue weighted by Gasteiger charge is 2.10. The normalized spacial score (nSPS) is 28.4. The summed E-state index contributed by atoms with van der Waals surface area (Å²) >= 11 is 1.89. The van der Waals surface area contributed by atoms with E-state index in [1.54, 1.807) is 0 Å². The predicted molar refractivity (Wildman–Crippen MR) is 44.8 cm³/mol. The molecule has 0 amide bonds. The summed E-state index contributed by atoms with van der Waals surface area (Å²) in [6.07, 6.45) is 4.34. The number of nitrogens with two attached hydrogens (primary N) is 1. The maximum atomic E-state index is 8.84. The number of aliphatic hydroxyl groups is 1. The monoisotopic (exact) mass is 159 g/mol. The summed E-state index contributed by atoms with van der Waals surface area (Å²) in [4.78, 5) is 0. The lowest BCUT2D eigenvalue weighted by atomic mass is 10.1. The van der Waals surface area contributed by atoms with Gasteiger partial charge in [0.2, 0.25) is 0 Å². The topological polar surface area (TPSA) is 46.2 Å². The van der Waals surface area contributed by atoms with Crippen LogP contribution in [0.5, 0.6) is 0 Å². The third kappa shape index (κ3) is 2.73. The van der Waals surface area contributed by atoms with Gasteiger partial charge in [0.15, 0.2) is 0 Å². The van der Waals surface area contributed by atoms with E-state index in [4.69, 9.17) is 10.8 Å². The van der Waals surface area contributed by atoms with Gasteiger partial charge in [-0.05, 0) is 12.3 Å². The Morgan fingerprint density at radius 1 is 1.80 bits per heavy atom.